The summed E-state index contributed by atoms with van der Waals surface area (Å²) in [7, 11) is 1.45. The van der Waals surface area contributed by atoms with Gasteiger partial charge in [0.1, 0.15) is 16.4 Å². The van der Waals surface area contributed by atoms with E-state index in [1.54, 1.807) is 20.8 Å². The first-order valence-corrected chi connectivity index (χ1v) is 8.43. The average Bonchev–Trinajstić information content (AvgIpc) is 2.92. The van der Waals surface area contributed by atoms with Crippen LogP contribution >= 0.6 is 11.3 Å². The number of benzene rings is 1. The van der Waals surface area contributed by atoms with Crippen LogP contribution in [0.15, 0.2) is 24.3 Å². The van der Waals surface area contributed by atoms with Gasteiger partial charge in [-0.25, -0.2) is 14.8 Å². The second-order valence-corrected chi connectivity index (χ2v) is 7.13. The number of anilines is 1. The maximum atomic E-state index is 12.3. The van der Waals surface area contributed by atoms with Crippen LogP contribution in [0.25, 0.3) is 10.6 Å². The molecular formula is C17H22N2O4S. The molecule has 0 aliphatic rings. The lowest BCUT2D eigenvalue weighted by Gasteiger charge is -2.19. The molecule has 0 aliphatic carbocycles. The minimum Gasteiger partial charge on any atom is -0.494 e. The molecule has 0 fully saturated rings. The summed E-state index contributed by atoms with van der Waals surface area (Å²) in [6.07, 6.45) is 0. The van der Waals surface area contributed by atoms with Crippen molar-refractivity contribution in [2.75, 3.05) is 18.7 Å². The van der Waals surface area contributed by atoms with E-state index in [-0.39, 0.29) is 5.69 Å². The Kier molecular flexibility index (Phi) is 5.46. The molecule has 0 saturated carbocycles. The lowest BCUT2D eigenvalue weighted by molar-refractivity contribution is 0.00632. The van der Waals surface area contributed by atoms with Gasteiger partial charge in [-0.3, -0.25) is 5.21 Å². The summed E-state index contributed by atoms with van der Waals surface area (Å²) in [4.78, 5) is 16.7. The molecule has 2 rings (SSSR count). The molecule has 0 amide bonds. The van der Waals surface area contributed by atoms with E-state index in [0.717, 1.165) is 16.4 Å². The average molecular weight is 350 g/mol. The van der Waals surface area contributed by atoms with Crippen LogP contribution in [0.4, 0.5) is 5.00 Å². The van der Waals surface area contributed by atoms with E-state index in [1.807, 2.05) is 31.2 Å². The lowest BCUT2D eigenvalue weighted by Crippen LogP contribution is -2.25. The van der Waals surface area contributed by atoms with Crippen molar-refractivity contribution in [1.82, 2.24) is 4.98 Å². The third-order valence-corrected chi connectivity index (χ3v) is 4.08. The molecule has 24 heavy (non-hydrogen) atoms. The molecule has 7 heteroatoms. The van der Waals surface area contributed by atoms with Crippen molar-refractivity contribution in [2.24, 2.45) is 0 Å². The van der Waals surface area contributed by atoms with Crippen LogP contribution in [0, 0.1) is 0 Å². The molecule has 0 unspecified atom stereocenters. The van der Waals surface area contributed by atoms with E-state index in [4.69, 9.17) is 9.47 Å². The first-order valence-electron chi connectivity index (χ1n) is 7.61. The maximum absolute atomic E-state index is 12.3. The number of nitrogens with zero attached hydrogens (tertiary/aromatic N) is 2. The van der Waals surface area contributed by atoms with Crippen molar-refractivity contribution in [3.8, 4) is 16.3 Å². The zero-order chi connectivity index (χ0) is 17.9. The fraction of sp³-hybridized carbons (Fsp3) is 0.412. The highest BCUT2D eigenvalue weighted by molar-refractivity contribution is 7.19. The molecule has 1 aromatic heterocycles. The first kappa shape index (κ1) is 18.2. The first-order chi connectivity index (χ1) is 11.2. The number of rotatable bonds is 5. The molecule has 130 valence electrons. The number of esters is 1. The van der Waals surface area contributed by atoms with Crippen LogP contribution < -0.4 is 9.80 Å². The molecule has 1 heterocycles. The minimum atomic E-state index is -0.634. The van der Waals surface area contributed by atoms with Crippen LogP contribution in [-0.4, -0.2) is 35.4 Å². The van der Waals surface area contributed by atoms with E-state index in [0.29, 0.717) is 16.6 Å². The lowest BCUT2D eigenvalue weighted by atomic mass is 10.2. The number of hydrogen-bond acceptors (Lipinski definition) is 7. The van der Waals surface area contributed by atoms with Gasteiger partial charge in [-0.2, -0.15) is 0 Å². The zero-order valence-corrected chi connectivity index (χ0v) is 15.3. The van der Waals surface area contributed by atoms with Crippen molar-refractivity contribution in [2.45, 2.75) is 33.3 Å². The molecule has 0 aliphatic heterocycles. The van der Waals surface area contributed by atoms with Crippen LogP contribution in [-0.2, 0) is 4.74 Å². The van der Waals surface area contributed by atoms with E-state index >= 15 is 0 Å². The summed E-state index contributed by atoms with van der Waals surface area (Å²) in [5.74, 6) is 0.205. The van der Waals surface area contributed by atoms with Gasteiger partial charge in [0, 0.05) is 12.6 Å². The summed E-state index contributed by atoms with van der Waals surface area (Å²) in [5.41, 5.74) is 0.302. The highest BCUT2D eigenvalue weighted by atomic mass is 32.1. The van der Waals surface area contributed by atoms with Crippen molar-refractivity contribution >= 4 is 22.3 Å². The molecule has 0 radical (unpaired) electrons. The number of carbonyl (C=O) groups is 1. The molecule has 0 atom stereocenters. The zero-order valence-electron chi connectivity index (χ0n) is 14.5. The normalized spacial score (nSPS) is 11.2. The maximum Gasteiger partial charge on any atom is 0.360 e. The number of hydroxylamine groups is 1. The summed E-state index contributed by atoms with van der Waals surface area (Å²) < 4.78 is 10.8. The largest absolute Gasteiger partial charge is 0.494 e. The van der Waals surface area contributed by atoms with Crippen LogP contribution in [0.2, 0.25) is 0 Å². The smallest absolute Gasteiger partial charge is 0.360 e. The fourth-order valence-electron chi connectivity index (χ4n) is 1.97. The Labute approximate surface area is 145 Å². The Morgan fingerprint density at radius 2 is 1.92 bits per heavy atom. The monoisotopic (exact) mass is 350 g/mol. The second-order valence-electron chi connectivity index (χ2n) is 6.16. The van der Waals surface area contributed by atoms with Gasteiger partial charge in [0.2, 0.25) is 0 Å². The molecule has 1 aromatic carbocycles. The molecule has 2 aromatic rings. The Morgan fingerprint density at radius 1 is 1.29 bits per heavy atom. The van der Waals surface area contributed by atoms with E-state index in [9.17, 15) is 10.0 Å². The van der Waals surface area contributed by atoms with Gasteiger partial charge in [-0.15, -0.1) is 0 Å². The summed E-state index contributed by atoms with van der Waals surface area (Å²) >= 11 is 1.22. The SMILES string of the molecule is CCOc1ccc(-c2nc(C(=O)OC(C)(C)C)c(N(C)O)s2)cc1. The van der Waals surface area contributed by atoms with Gasteiger partial charge < -0.3 is 9.47 Å². The molecule has 0 saturated heterocycles. The summed E-state index contributed by atoms with van der Waals surface area (Å²) in [6.45, 7) is 7.87. The highest BCUT2D eigenvalue weighted by Crippen LogP contribution is 2.35. The molecule has 0 bridgehead atoms. The second kappa shape index (κ2) is 7.19. The van der Waals surface area contributed by atoms with Gasteiger partial charge in [-0.05, 0) is 52.0 Å². The highest BCUT2D eigenvalue weighted by Gasteiger charge is 2.26. The predicted molar refractivity (Wildman–Crippen MR) is 94.1 cm³/mol. The fourth-order valence-corrected chi connectivity index (χ4v) is 2.91. The van der Waals surface area contributed by atoms with Gasteiger partial charge in [0.25, 0.3) is 0 Å². The number of carbonyl (C=O) groups excluding carboxylic acids is 1. The number of ether oxygens (including phenoxy) is 2. The summed E-state index contributed by atoms with van der Waals surface area (Å²) in [5, 5.41) is 11.6. The van der Waals surface area contributed by atoms with Crippen LogP contribution in [0.3, 0.4) is 0 Å². The van der Waals surface area contributed by atoms with E-state index in [1.165, 1.54) is 18.4 Å². The van der Waals surface area contributed by atoms with Crippen molar-refractivity contribution in [3.63, 3.8) is 0 Å². The van der Waals surface area contributed by atoms with Crippen molar-refractivity contribution < 1.29 is 19.5 Å². The standard InChI is InChI=1S/C17H22N2O4S/c1-6-22-12-9-7-11(8-10-12)14-18-13(15(24-14)19(5)21)16(20)23-17(2,3)4/h7-10,21H,6H2,1-5H3. The number of aromatic nitrogens is 1. The summed E-state index contributed by atoms with van der Waals surface area (Å²) in [6, 6.07) is 7.42. The van der Waals surface area contributed by atoms with Crippen LogP contribution in [0.5, 0.6) is 5.75 Å². The Morgan fingerprint density at radius 3 is 2.42 bits per heavy atom. The molecule has 1 N–H and O–H groups in total. The Hall–Kier alpha value is -2.12. The van der Waals surface area contributed by atoms with E-state index < -0.39 is 11.6 Å². The quantitative estimate of drug-likeness (QED) is 0.649. The van der Waals surface area contributed by atoms with Crippen molar-refractivity contribution in [3.05, 3.63) is 30.0 Å². The molecule has 0 spiro atoms. The van der Waals surface area contributed by atoms with Gasteiger partial charge in [0.15, 0.2) is 10.7 Å². The van der Waals surface area contributed by atoms with E-state index in [2.05, 4.69) is 4.98 Å². The van der Waals surface area contributed by atoms with Crippen molar-refractivity contribution in [1.29, 1.82) is 0 Å². The Balaban J connectivity index is 2.35. The minimum absolute atomic E-state index is 0.101. The third-order valence-electron chi connectivity index (χ3n) is 2.91. The molecule has 6 nitrogen and oxygen atoms in total. The van der Waals surface area contributed by atoms with Crippen LogP contribution in [0.1, 0.15) is 38.2 Å². The van der Waals surface area contributed by atoms with Gasteiger partial charge in [-0.1, -0.05) is 11.3 Å². The number of hydrogen-bond donors (Lipinski definition) is 1. The Bertz CT molecular complexity index is 702. The predicted octanol–water partition coefficient (Wildman–Crippen LogP) is 3.99. The topological polar surface area (TPSA) is 71.9 Å². The van der Waals surface area contributed by atoms with Gasteiger partial charge in [0.05, 0.1) is 6.61 Å². The third kappa shape index (κ3) is 4.46. The molecular weight excluding hydrogens is 328 g/mol. The number of thiazole rings is 1. The van der Waals surface area contributed by atoms with Gasteiger partial charge >= 0.3 is 5.97 Å².